The molecule has 1 aliphatic heterocycles. The van der Waals surface area contributed by atoms with Gasteiger partial charge in [-0.2, -0.15) is 13.2 Å². The largest absolute Gasteiger partial charge is 0.484 e. The maximum atomic E-state index is 12.7. The number of ether oxygens (including phenoxy) is 1. The molecular formula is C19H20F3NO. The normalized spacial score (nSPS) is 21.0. The summed E-state index contributed by atoms with van der Waals surface area (Å²) in [4.78, 5) is 0. The van der Waals surface area contributed by atoms with E-state index in [1.165, 1.54) is 17.7 Å². The van der Waals surface area contributed by atoms with Crippen LogP contribution in [0.15, 0.2) is 48.5 Å². The Balaban J connectivity index is 1.88. The summed E-state index contributed by atoms with van der Waals surface area (Å²) in [7, 11) is 0. The van der Waals surface area contributed by atoms with Crippen molar-refractivity contribution < 1.29 is 17.9 Å². The Kier molecular flexibility index (Phi) is 4.81. The Morgan fingerprint density at radius 1 is 1.08 bits per heavy atom. The van der Waals surface area contributed by atoms with Gasteiger partial charge in [0.15, 0.2) is 0 Å². The molecule has 1 N–H and O–H groups in total. The molecule has 0 saturated heterocycles. The molecule has 2 aromatic rings. The third kappa shape index (κ3) is 3.56. The fourth-order valence-electron chi connectivity index (χ4n) is 3.13. The molecule has 128 valence electrons. The van der Waals surface area contributed by atoms with Gasteiger partial charge in [-0.25, -0.2) is 0 Å². The lowest BCUT2D eigenvalue weighted by atomic mass is 9.96. The summed E-state index contributed by atoms with van der Waals surface area (Å²) in [5.74, 6) is 0.449. The Morgan fingerprint density at radius 2 is 1.79 bits per heavy atom. The molecule has 2 unspecified atom stereocenters. The number of hydrogen-bond acceptors (Lipinski definition) is 2. The number of alkyl halides is 3. The molecule has 0 amide bonds. The first-order valence-corrected chi connectivity index (χ1v) is 8.14. The van der Waals surface area contributed by atoms with E-state index in [1.807, 2.05) is 18.2 Å². The highest BCUT2D eigenvalue weighted by atomic mass is 19.4. The van der Waals surface area contributed by atoms with Crippen molar-refractivity contribution in [2.45, 2.75) is 38.1 Å². The van der Waals surface area contributed by atoms with E-state index in [4.69, 9.17) is 4.74 Å². The molecule has 1 heterocycles. The SMILES string of the molecule is CCC1NCCc2ccccc2C1Oc1ccc(C(F)(F)F)cc1. The van der Waals surface area contributed by atoms with E-state index in [-0.39, 0.29) is 12.1 Å². The molecule has 24 heavy (non-hydrogen) atoms. The first-order valence-electron chi connectivity index (χ1n) is 8.14. The van der Waals surface area contributed by atoms with Crippen LogP contribution in [-0.4, -0.2) is 12.6 Å². The van der Waals surface area contributed by atoms with Gasteiger partial charge in [0.1, 0.15) is 11.9 Å². The van der Waals surface area contributed by atoms with E-state index >= 15 is 0 Å². The van der Waals surface area contributed by atoms with Crippen LogP contribution in [0.25, 0.3) is 0 Å². The standard InChI is InChI=1S/C19H20F3NO/c1-2-17-18(16-6-4-3-5-13(16)11-12-23-17)24-15-9-7-14(8-10-15)19(20,21)22/h3-10,17-18,23H,2,11-12H2,1H3. The van der Waals surface area contributed by atoms with Crippen LogP contribution in [-0.2, 0) is 12.6 Å². The lowest BCUT2D eigenvalue weighted by Crippen LogP contribution is -2.36. The summed E-state index contributed by atoms with van der Waals surface area (Å²) in [5, 5.41) is 3.48. The zero-order chi connectivity index (χ0) is 17.2. The molecule has 1 aliphatic rings. The van der Waals surface area contributed by atoms with Crippen molar-refractivity contribution in [1.82, 2.24) is 5.32 Å². The topological polar surface area (TPSA) is 21.3 Å². The minimum absolute atomic E-state index is 0.121. The first kappa shape index (κ1) is 16.8. The Labute approximate surface area is 139 Å². The minimum atomic E-state index is -4.33. The average Bonchev–Trinajstić information content (AvgIpc) is 2.74. The summed E-state index contributed by atoms with van der Waals surface area (Å²) < 4.78 is 44.2. The monoisotopic (exact) mass is 335 g/mol. The van der Waals surface area contributed by atoms with Gasteiger partial charge >= 0.3 is 6.18 Å². The smallest absolute Gasteiger partial charge is 0.416 e. The molecule has 0 radical (unpaired) electrons. The number of benzene rings is 2. The lowest BCUT2D eigenvalue weighted by molar-refractivity contribution is -0.137. The third-order valence-corrected chi connectivity index (χ3v) is 4.41. The van der Waals surface area contributed by atoms with Crippen LogP contribution in [0.5, 0.6) is 5.75 Å². The van der Waals surface area contributed by atoms with Crippen LogP contribution in [0.3, 0.4) is 0 Å². The number of halogens is 3. The zero-order valence-electron chi connectivity index (χ0n) is 13.4. The molecule has 3 rings (SSSR count). The van der Waals surface area contributed by atoms with Crippen molar-refractivity contribution in [2.75, 3.05) is 6.54 Å². The van der Waals surface area contributed by atoms with Gasteiger partial charge in [-0.05, 0) is 54.8 Å². The molecule has 0 spiro atoms. The maximum absolute atomic E-state index is 12.7. The minimum Gasteiger partial charge on any atom is -0.484 e. The van der Waals surface area contributed by atoms with Gasteiger partial charge in [-0.3, -0.25) is 0 Å². The summed E-state index contributed by atoms with van der Waals surface area (Å²) >= 11 is 0. The van der Waals surface area contributed by atoms with Crippen LogP contribution >= 0.6 is 0 Å². The summed E-state index contributed by atoms with van der Waals surface area (Å²) in [6.45, 7) is 2.94. The molecule has 0 fully saturated rings. The van der Waals surface area contributed by atoms with E-state index < -0.39 is 11.7 Å². The number of hydrogen-bond donors (Lipinski definition) is 1. The van der Waals surface area contributed by atoms with Crippen molar-refractivity contribution >= 4 is 0 Å². The van der Waals surface area contributed by atoms with E-state index in [0.29, 0.717) is 5.75 Å². The van der Waals surface area contributed by atoms with Gasteiger partial charge in [0.25, 0.3) is 0 Å². The van der Waals surface area contributed by atoms with E-state index in [9.17, 15) is 13.2 Å². The molecule has 0 aliphatic carbocycles. The second-order valence-electron chi connectivity index (χ2n) is 5.98. The lowest BCUT2D eigenvalue weighted by Gasteiger charge is -2.27. The average molecular weight is 335 g/mol. The van der Waals surface area contributed by atoms with Crippen LogP contribution in [0, 0.1) is 0 Å². The van der Waals surface area contributed by atoms with Crippen molar-refractivity contribution in [2.24, 2.45) is 0 Å². The summed E-state index contributed by atoms with van der Waals surface area (Å²) in [6.07, 6.45) is -2.76. The van der Waals surface area contributed by atoms with Gasteiger partial charge in [-0.15, -0.1) is 0 Å². The van der Waals surface area contributed by atoms with Gasteiger partial charge in [0.2, 0.25) is 0 Å². The van der Waals surface area contributed by atoms with Crippen molar-refractivity contribution in [1.29, 1.82) is 0 Å². The molecule has 0 bridgehead atoms. The van der Waals surface area contributed by atoms with Crippen LogP contribution in [0.2, 0.25) is 0 Å². The fraction of sp³-hybridized carbons (Fsp3) is 0.368. The van der Waals surface area contributed by atoms with Gasteiger partial charge < -0.3 is 10.1 Å². The molecule has 5 heteroatoms. The van der Waals surface area contributed by atoms with E-state index in [1.54, 1.807) is 0 Å². The molecule has 2 aromatic carbocycles. The van der Waals surface area contributed by atoms with Crippen LogP contribution in [0.1, 0.15) is 36.1 Å². The van der Waals surface area contributed by atoms with Crippen LogP contribution < -0.4 is 10.1 Å². The highest BCUT2D eigenvalue weighted by Gasteiger charge is 2.31. The summed E-state index contributed by atoms with van der Waals surface area (Å²) in [5.41, 5.74) is 1.66. The Bertz CT molecular complexity index is 682. The third-order valence-electron chi connectivity index (χ3n) is 4.41. The number of nitrogens with one attached hydrogen (secondary N) is 1. The molecule has 0 saturated carbocycles. The van der Waals surface area contributed by atoms with Gasteiger partial charge in [0, 0.05) is 6.04 Å². The van der Waals surface area contributed by atoms with Crippen LogP contribution in [0.4, 0.5) is 13.2 Å². The quantitative estimate of drug-likeness (QED) is 0.874. The highest BCUT2D eigenvalue weighted by Crippen LogP contribution is 2.33. The molecule has 2 atom stereocenters. The van der Waals surface area contributed by atoms with Crippen molar-refractivity contribution in [3.05, 3.63) is 65.2 Å². The zero-order valence-corrected chi connectivity index (χ0v) is 13.4. The van der Waals surface area contributed by atoms with E-state index in [2.05, 4.69) is 18.3 Å². The Morgan fingerprint density at radius 3 is 2.46 bits per heavy atom. The highest BCUT2D eigenvalue weighted by molar-refractivity contribution is 5.34. The number of fused-ring (bicyclic) bond motifs is 1. The van der Waals surface area contributed by atoms with Gasteiger partial charge in [0.05, 0.1) is 5.56 Å². The predicted molar refractivity (Wildman–Crippen MR) is 87.0 cm³/mol. The summed E-state index contributed by atoms with van der Waals surface area (Å²) in [6, 6.07) is 13.1. The van der Waals surface area contributed by atoms with Crippen molar-refractivity contribution in [3.63, 3.8) is 0 Å². The maximum Gasteiger partial charge on any atom is 0.416 e. The second kappa shape index (κ2) is 6.85. The molecule has 0 aromatic heterocycles. The first-order chi connectivity index (χ1) is 11.5. The van der Waals surface area contributed by atoms with Crippen molar-refractivity contribution in [3.8, 4) is 5.75 Å². The Hall–Kier alpha value is -2.01. The molecular weight excluding hydrogens is 315 g/mol. The predicted octanol–water partition coefficient (Wildman–Crippen LogP) is 4.75. The van der Waals surface area contributed by atoms with Gasteiger partial charge in [-0.1, -0.05) is 31.2 Å². The second-order valence-corrected chi connectivity index (χ2v) is 5.98. The number of rotatable bonds is 3. The fourth-order valence-corrected chi connectivity index (χ4v) is 3.13. The molecule has 2 nitrogen and oxygen atoms in total. The van der Waals surface area contributed by atoms with E-state index in [0.717, 1.165) is 37.1 Å².